The number of hydrogen-bond acceptors (Lipinski definition) is 3. The molecule has 96 valence electrons. The molecule has 1 rings (SSSR count). The van der Waals surface area contributed by atoms with Gasteiger partial charge in [-0.1, -0.05) is 31.5 Å². The molecule has 0 aromatic heterocycles. The third-order valence-corrected chi connectivity index (χ3v) is 2.15. The normalized spacial score (nSPS) is 10.3. The predicted octanol–water partition coefficient (Wildman–Crippen LogP) is 2.52. The number of carbonyl (C=O) groups excluding carboxylic acids is 2. The van der Waals surface area contributed by atoms with Gasteiger partial charge in [0.05, 0.1) is 6.61 Å². The molecule has 0 saturated carbocycles. The smallest absolute Gasteiger partial charge is 0.330 e. The maximum atomic E-state index is 11.4. The quantitative estimate of drug-likeness (QED) is 0.477. The third kappa shape index (κ3) is 5.84. The molecule has 4 heteroatoms. The van der Waals surface area contributed by atoms with Crippen LogP contribution in [0.25, 0.3) is 0 Å². The zero-order chi connectivity index (χ0) is 13.2. The molecule has 0 atom stereocenters. The standard InChI is InChI=1S/C14H17NO3/c1-2-3-11-18-14(17)10-9-13(16)15-12-7-5-4-6-8-12/h4-10H,2-3,11H2,1H3,(H,15,16)/b10-9-. The van der Waals surface area contributed by atoms with Crippen LogP contribution in [0, 0.1) is 0 Å². The fraction of sp³-hybridized carbons (Fsp3) is 0.286. The van der Waals surface area contributed by atoms with Crippen molar-refractivity contribution in [1.82, 2.24) is 0 Å². The summed E-state index contributed by atoms with van der Waals surface area (Å²) < 4.78 is 4.88. The summed E-state index contributed by atoms with van der Waals surface area (Å²) in [5.74, 6) is -0.847. The molecule has 0 unspecified atom stereocenters. The van der Waals surface area contributed by atoms with Crippen LogP contribution in [-0.2, 0) is 14.3 Å². The number of carbonyl (C=O) groups is 2. The van der Waals surface area contributed by atoms with E-state index in [9.17, 15) is 9.59 Å². The maximum Gasteiger partial charge on any atom is 0.330 e. The van der Waals surface area contributed by atoms with Gasteiger partial charge in [0.1, 0.15) is 0 Å². The van der Waals surface area contributed by atoms with Crippen molar-refractivity contribution in [2.24, 2.45) is 0 Å². The van der Waals surface area contributed by atoms with Crippen molar-refractivity contribution in [3.8, 4) is 0 Å². The highest BCUT2D eigenvalue weighted by atomic mass is 16.5. The molecule has 0 bridgehead atoms. The van der Waals surface area contributed by atoms with Gasteiger partial charge in [0.25, 0.3) is 0 Å². The van der Waals surface area contributed by atoms with Gasteiger partial charge in [-0.3, -0.25) is 4.79 Å². The van der Waals surface area contributed by atoms with Gasteiger partial charge in [-0.25, -0.2) is 4.79 Å². The van der Waals surface area contributed by atoms with E-state index < -0.39 is 5.97 Å². The Kier molecular flexibility index (Phi) is 6.25. The molecule has 0 radical (unpaired) electrons. The van der Waals surface area contributed by atoms with E-state index in [1.165, 1.54) is 6.08 Å². The van der Waals surface area contributed by atoms with Gasteiger partial charge in [-0.15, -0.1) is 0 Å². The van der Waals surface area contributed by atoms with Crippen molar-refractivity contribution in [3.05, 3.63) is 42.5 Å². The first-order valence-electron chi connectivity index (χ1n) is 5.93. The van der Waals surface area contributed by atoms with Crippen LogP contribution in [0.5, 0.6) is 0 Å². The number of rotatable bonds is 6. The second-order valence-electron chi connectivity index (χ2n) is 3.71. The summed E-state index contributed by atoms with van der Waals surface area (Å²) in [6.07, 6.45) is 4.09. The number of esters is 1. The Bertz CT molecular complexity index is 412. The Morgan fingerprint density at radius 2 is 1.94 bits per heavy atom. The number of para-hydroxylation sites is 1. The molecule has 0 aliphatic heterocycles. The first-order chi connectivity index (χ1) is 8.72. The number of amides is 1. The zero-order valence-electron chi connectivity index (χ0n) is 10.4. The SMILES string of the molecule is CCCCOC(=O)/C=C\C(=O)Nc1ccccc1. The minimum absolute atomic E-state index is 0.353. The molecule has 1 amide bonds. The highest BCUT2D eigenvalue weighted by molar-refractivity contribution is 6.02. The number of hydrogen-bond donors (Lipinski definition) is 1. The highest BCUT2D eigenvalue weighted by Crippen LogP contribution is 2.04. The van der Waals surface area contributed by atoms with E-state index in [-0.39, 0.29) is 5.91 Å². The minimum Gasteiger partial charge on any atom is -0.463 e. The molecule has 1 aromatic rings. The first kappa shape index (κ1) is 14.0. The van der Waals surface area contributed by atoms with E-state index in [1.54, 1.807) is 12.1 Å². The summed E-state index contributed by atoms with van der Waals surface area (Å²) in [4.78, 5) is 22.6. The lowest BCUT2D eigenvalue weighted by Gasteiger charge is -2.01. The van der Waals surface area contributed by atoms with E-state index >= 15 is 0 Å². The molecule has 1 aromatic carbocycles. The van der Waals surface area contributed by atoms with Gasteiger partial charge in [0.15, 0.2) is 0 Å². The monoisotopic (exact) mass is 247 g/mol. The molecule has 18 heavy (non-hydrogen) atoms. The third-order valence-electron chi connectivity index (χ3n) is 2.15. The highest BCUT2D eigenvalue weighted by Gasteiger charge is 2.00. The van der Waals surface area contributed by atoms with Crippen molar-refractivity contribution in [2.75, 3.05) is 11.9 Å². The van der Waals surface area contributed by atoms with E-state index in [0.717, 1.165) is 18.9 Å². The van der Waals surface area contributed by atoms with Crippen molar-refractivity contribution in [1.29, 1.82) is 0 Å². The fourth-order valence-electron chi connectivity index (χ4n) is 1.21. The fourth-order valence-corrected chi connectivity index (χ4v) is 1.21. The molecular weight excluding hydrogens is 230 g/mol. The Morgan fingerprint density at radius 3 is 2.61 bits per heavy atom. The van der Waals surface area contributed by atoms with Crippen LogP contribution in [0.15, 0.2) is 42.5 Å². The van der Waals surface area contributed by atoms with Crippen molar-refractivity contribution in [2.45, 2.75) is 19.8 Å². The molecular formula is C14H17NO3. The second kappa shape index (κ2) is 8.06. The topological polar surface area (TPSA) is 55.4 Å². The lowest BCUT2D eigenvalue weighted by molar-refractivity contribution is -0.138. The largest absolute Gasteiger partial charge is 0.463 e. The van der Waals surface area contributed by atoms with Crippen LogP contribution in [0.3, 0.4) is 0 Å². The van der Waals surface area contributed by atoms with Crippen LogP contribution in [0.2, 0.25) is 0 Å². The van der Waals surface area contributed by atoms with Crippen LogP contribution >= 0.6 is 0 Å². The van der Waals surface area contributed by atoms with Gasteiger partial charge in [0, 0.05) is 17.8 Å². The minimum atomic E-state index is -0.494. The first-order valence-corrected chi connectivity index (χ1v) is 5.93. The van der Waals surface area contributed by atoms with Crippen LogP contribution in [0.1, 0.15) is 19.8 Å². The summed E-state index contributed by atoms with van der Waals surface area (Å²) >= 11 is 0. The van der Waals surface area contributed by atoms with Gasteiger partial charge in [0.2, 0.25) is 5.91 Å². The van der Waals surface area contributed by atoms with Crippen LogP contribution in [0.4, 0.5) is 5.69 Å². The second-order valence-corrected chi connectivity index (χ2v) is 3.71. The van der Waals surface area contributed by atoms with Gasteiger partial charge in [-0.05, 0) is 18.6 Å². The Hall–Kier alpha value is -2.10. The number of ether oxygens (including phenoxy) is 1. The molecule has 0 spiro atoms. The summed E-state index contributed by atoms with van der Waals surface area (Å²) in [7, 11) is 0. The summed E-state index contributed by atoms with van der Waals surface area (Å²) in [6, 6.07) is 9.03. The number of unbranched alkanes of at least 4 members (excludes halogenated alkanes) is 1. The molecule has 4 nitrogen and oxygen atoms in total. The van der Waals surface area contributed by atoms with Gasteiger partial charge < -0.3 is 10.1 Å². The molecule has 1 N–H and O–H groups in total. The molecule has 0 aliphatic rings. The number of benzene rings is 1. The Morgan fingerprint density at radius 1 is 1.22 bits per heavy atom. The maximum absolute atomic E-state index is 11.4. The average Bonchev–Trinajstić information content (AvgIpc) is 2.38. The van der Waals surface area contributed by atoms with E-state index in [1.807, 2.05) is 25.1 Å². The lowest BCUT2D eigenvalue weighted by atomic mass is 10.3. The predicted molar refractivity (Wildman–Crippen MR) is 70.1 cm³/mol. The van der Waals surface area contributed by atoms with Crippen LogP contribution in [-0.4, -0.2) is 18.5 Å². The molecule has 0 saturated heterocycles. The zero-order valence-corrected chi connectivity index (χ0v) is 10.4. The van der Waals surface area contributed by atoms with E-state index in [0.29, 0.717) is 12.3 Å². The van der Waals surface area contributed by atoms with E-state index in [4.69, 9.17) is 4.74 Å². The van der Waals surface area contributed by atoms with Crippen molar-refractivity contribution in [3.63, 3.8) is 0 Å². The van der Waals surface area contributed by atoms with Crippen LogP contribution < -0.4 is 5.32 Å². The molecule has 0 aliphatic carbocycles. The van der Waals surface area contributed by atoms with Crippen molar-refractivity contribution >= 4 is 17.6 Å². The van der Waals surface area contributed by atoms with E-state index in [2.05, 4.69) is 5.32 Å². The van der Waals surface area contributed by atoms with Gasteiger partial charge in [-0.2, -0.15) is 0 Å². The Balaban J connectivity index is 2.33. The lowest BCUT2D eigenvalue weighted by Crippen LogP contribution is -2.09. The van der Waals surface area contributed by atoms with Crippen molar-refractivity contribution < 1.29 is 14.3 Å². The molecule has 0 heterocycles. The summed E-state index contributed by atoms with van der Waals surface area (Å²) in [6.45, 7) is 2.40. The van der Waals surface area contributed by atoms with Gasteiger partial charge >= 0.3 is 5.97 Å². The average molecular weight is 247 g/mol. The number of anilines is 1. The number of nitrogens with one attached hydrogen (secondary N) is 1. The summed E-state index contributed by atoms with van der Waals surface area (Å²) in [5.41, 5.74) is 0.687. The summed E-state index contributed by atoms with van der Waals surface area (Å²) in [5, 5.41) is 2.63. The molecule has 0 fully saturated rings. The Labute approximate surface area is 107 Å².